The molecule has 9 heteroatoms. The summed E-state index contributed by atoms with van der Waals surface area (Å²) in [6.45, 7) is 0.487. The highest BCUT2D eigenvalue weighted by molar-refractivity contribution is 7.48. The summed E-state index contributed by atoms with van der Waals surface area (Å²) in [5.74, 6) is 0. The van der Waals surface area contributed by atoms with Crippen molar-refractivity contribution in [2.45, 2.75) is 12.9 Å². The fourth-order valence-corrected chi connectivity index (χ4v) is 1.45. The molecule has 0 aromatic heterocycles. The Hall–Kier alpha value is -0.590. The second-order valence-corrected chi connectivity index (χ2v) is 3.71. The summed E-state index contributed by atoms with van der Waals surface area (Å²) in [7, 11) is -4.41. The van der Waals surface area contributed by atoms with Crippen LogP contribution in [0, 0.1) is 0 Å². The average molecular weight is 252 g/mol. The Labute approximate surface area is 83.4 Å². The summed E-state index contributed by atoms with van der Waals surface area (Å²) < 4.78 is 70.1. The van der Waals surface area contributed by atoms with E-state index in [0.29, 0.717) is 6.26 Å². The van der Waals surface area contributed by atoms with E-state index >= 15 is 0 Å². The molecule has 0 aliphatic carbocycles. The summed E-state index contributed by atoms with van der Waals surface area (Å²) in [5.41, 5.74) is 0. The van der Waals surface area contributed by atoms with Gasteiger partial charge >= 0.3 is 7.82 Å². The van der Waals surface area contributed by atoms with E-state index in [2.05, 4.69) is 20.2 Å². The first-order valence-corrected chi connectivity index (χ1v) is 5.10. The summed E-state index contributed by atoms with van der Waals surface area (Å²) in [4.78, 5) is 0. The molecular formula is C6H9F4O4P. The number of hydrogen-bond acceptors (Lipinski definition) is 4. The van der Waals surface area contributed by atoms with Gasteiger partial charge in [0, 0.05) is 0 Å². The van der Waals surface area contributed by atoms with Crippen LogP contribution in [0.15, 0.2) is 12.8 Å². The van der Waals surface area contributed by atoms with Gasteiger partial charge in [-0.1, -0.05) is 6.58 Å². The Morgan fingerprint density at radius 2 is 1.53 bits per heavy atom. The first-order valence-electron chi connectivity index (χ1n) is 3.64. The van der Waals surface area contributed by atoms with Gasteiger partial charge in [0.15, 0.2) is 0 Å². The molecule has 15 heavy (non-hydrogen) atoms. The standard InChI is InChI=1S/C6H9F4O4P/c1-2-12-15(11,13-3-5(7)8)14-4-6(9)10/h2,5-6H,1,3-4H2. The van der Waals surface area contributed by atoms with E-state index in [0.717, 1.165) is 0 Å². The highest BCUT2D eigenvalue weighted by Gasteiger charge is 2.29. The van der Waals surface area contributed by atoms with Crippen molar-refractivity contribution in [3.05, 3.63) is 12.8 Å². The second-order valence-electron chi connectivity index (χ2n) is 2.09. The molecule has 0 aliphatic heterocycles. The van der Waals surface area contributed by atoms with E-state index in [-0.39, 0.29) is 0 Å². The number of phosphoric ester groups is 1. The molecule has 0 saturated heterocycles. The Balaban J connectivity index is 4.18. The van der Waals surface area contributed by atoms with Gasteiger partial charge < -0.3 is 4.52 Å². The number of phosphoric acid groups is 1. The van der Waals surface area contributed by atoms with Gasteiger partial charge in [0.2, 0.25) is 0 Å². The van der Waals surface area contributed by atoms with Crippen LogP contribution in [0.5, 0.6) is 0 Å². The van der Waals surface area contributed by atoms with Crippen LogP contribution in [0.2, 0.25) is 0 Å². The molecular weight excluding hydrogens is 243 g/mol. The van der Waals surface area contributed by atoms with E-state index in [4.69, 9.17) is 0 Å². The quantitative estimate of drug-likeness (QED) is 0.378. The first-order chi connectivity index (χ1) is 6.89. The van der Waals surface area contributed by atoms with Crippen molar-refractivity contribution < 1.29 is 35.7 Å². The molecule has 0 aromatic carbocycles. The smallest absolute Gasteiger partial charge is 0.413 e. The minimum absolute atomic E-state index is 0.595. The zero-order valence-corrected chi connectivity index (χ0v) is 8.34. The van der Waals surface area contributed by atoms with Gasteiger partial charge in [0.25, 0.3) is 12.9 Å². The second kappa shape index (κ2) is 6.81. The highest BCUT2D eigenvalue weighted by Crippen LogP contribution is 2.50. The molecule has 0 spiro atoms. The molecule has 0 aromatic rings. The zero-order valence-electron chi connectivity index (χ0n) is 7.45. The fraction of sp³-hybridized carbons (Fsp3) is 0.667. The molecule has 4 nitrogen and oxygen atoms in total. The molecule has 0 atom stereocenters. The minimum Gasteiger partial charge on any atom is -0.413 e. The van der Waals surface area contributed by atoms with Gasteiger partial charge in [0.05, 0.1) is 6.26 Å². The van der Waals surface area contributed by atoms with Crippen molar-refractivity contribution in [2.75, 3.05) is 13.2 Å². The Morgan fingerprint density at radius 1 is 1.13 bits per heavy atom. The molecule has 0 unspecified atom stereocenters. The van der Waals surface area contributed by atoms with Crippen molar-refractivity contribution in [3.8, 4) is 0 Å². The Bertz CT molecular complexity index is 219. The number of hydrogen-bond donors (Lipinski definition) is 0. The third kappa shape index (κ3) is 7.35. The number of rotatable bonds is 8. The zero-order chi connectivity index (χ0) is 11.9. The third-order valence-corrected chi connectivity index (χ3v) is 2.26. The summed E-state index contributed by atoms with van der Waals surface area (Å²) in [6.07, 6.45) is -5.23. The van der Waals surface area contributed by atoms with Crippen LogP contribution in [0.4, 0.5) is 17.6 Å². The topological polar surface area (TPSA) is 44.8 Å². The maximum Gasteiger partial charge on any atom is 0.529 e. The molecule has 0 fully saturated rings. The van der Waals surface area contributed by atoms with Gasteiger partial charge in [0.1, 0.15) is 13.2 Å². The van der Waals surface area contributed by atoms with Gasteiger partial charge in [-0.25, -0.2) is 22.1 Å². The molecule has 0 amide bonds. The van der Waals surface area contributed by atoms with Crippen LogP contribution in [-0.2, 0) is 18.1 Å². The van der Waals surface area contributed by atoms with Crippen LogP contribution < -0.4 is 0 Å². The van der Waals surface area contributed by atoms with E-state index in [1.807, 2.05) is 0 Å². The molecule has 0 radical (unpaired) electrons. The van der Waals surface area contributed by atoms with E-state index < -0.39 is 33.9 Å². The Morgan fingerprint density at radius 3 is 1.80 bits per heavy atom. The van der Waals surface area contributed by atoms with Crippen molar-refractivity contribution in [3.63, 3.8) is 0 Å². The van der Waals surface area contributed by atoms with Crippen molar-refractivity contribution in [2.24, 2.45) is 0 Å². The minimum atomic E-state index is -4.41. The van der Waals surface area contributed by atoms with Crippen LogP contribution in [0.3, 0.4) is 0 Å². The lowest BCUT2D eigenvalue weighted by molar-refractivity contribution is 0.0276. The normalized spacial score (nSPS) is 12.1. The average Bonchev–Trinajstić information content (AvgIpc) is 2.13. The van der Waals surface area contributed by atoms with Crippen LogP contribution in [0.25, 0.3) is 0 Å². The first kappa shape index (κ1) is 14.4. The molecule has 0 saturated carbocycles. The number of alkyl halides is 4. The molecule has 0 N–H and O–H groups in total. The molecule has 0 aliphatic rings. The lowest BCUT2D eigenvalue weighted by atomic mass is 10.8. The summed E-state index contributed by atoms with van der Waals surface area (Å²) in [5, 5.41) is 0. The maximum atomic E-state index is 11.7. The molecule has 90 valence electrons. The maximum absolute atomic E-state index is 11.7. The van der Waals surface area contributed by atoms with Crippen molar-refractivity contribution >= 4 is 7.82 Å². The van der Waals surface area contributed by atoms with Crippen LogP contribution in [-0.4, -0.2) is 26.1 Å². The monoisotopic (exact) mass is 252 g/mol. The number of halogens is 4. The van der Waals surface area contributed by atoms with Crippen molar-refractivity contribution in [1.82, 2.24) is 0 Å². The van der Waals surface area contributed by atoms with Crippen molar-refractivity contribution in [1.29, 1.82) is 0 Å². The lowest BCUT2D eigenvalue weighted by Crippen LogP contribution is -2.09. The predicted octanol–water partition coefficient (Wildman–Crippen LogP) is 2.82. The Kier molecular flexibility index (Phi) is 6.55. The third-order valence-electron chi connectivity index (χ3n) is 0.921. The SMILES string of the molecule is C=COP(=O)(OCC(F)F)OCC(F)F. The van der Waals surface area contributed by atoms with Crippen LogP contribution in [0.1, 0.15) is 0 Å². The fourth-order valence-electron chi connectivity index (χ4n) is 0.485. The van der Waals surface area contributed by atoms with Gasteiger partial charge in [-0.05, 0) is 0 Å². The predicted molar refractivity (Wildman–Crippen MR) is 42.8 cm³/mol. The lowest BCUT2D eigenvalue weighted by Gasteiger charge is -2.15. The van der Waals surface area contributed by atoms with Gasteiger partial charge in [-0.15, -0.1) is 0 Å². The van der Waals surface area contributed by atoms with E-state index in [1.165, 1.54) is 0 Å². The highest BCUT2D eigenvalue weighted by atomic mass is 31.2. The molecule has 0 bridgehead atoms. The largest absolute Gasteiger partial charge is 0.529 e. The van der Waals surface area contributed by atoms with E-state index in [9.17, 15) is 22.1 Å². The summed E-state index contributed by atoms with van der Waals surface area (Å²) >= 11 is 0. The molecule has 0 rings (SSSR count). The van der Waals surface area contributed by atoms with Crippen LogP contribution >= 0.6 is 7.82 Å². The summed E-state index contributed by atoms with van der Waals surface area (Å²) in [6, 6.07) is 0. The van der Waals surface area contributed by atoms with Gasteiger partial charge in [-0.2, -0.15) is 0 Å². The van der Waals surface area contributed by atoms with E-state index in [1.54, 1.807) is 0 Å². The van der Waals surface area contributed by atoms with Gasteiger partial charge in [-0.3, -0.25) is 9.05 Å². The molecule has 0 heterocycles.